The molecule has 0 radical (unpaired) electrons. The van der Waals surface area contributed by atoms with Crippen LogP contribution < -0.4 is 16.0 Å². The van der Waals surface area contributed by atoms with Gasteiger partial charge < -0.3 is 25.8 Å². The van der Waals surface area contributed by atoms with Crippen LogP contribution in [-0.4, -0.2) is 54.9 Å². The van der Waals surface area contributed by atoms with Crippen LogP contribution in [0.3, 0.4) is 0 Å². The van der Waals surface area contributed by atoms with Crippen LogP contribution in [0.15, 0.2) is 29.3 Å². The molecule has 1 aromatic rings. The fraction of sp³-hybridized carbons (Fsp3) is 0.556. The molecular weight excluding hydrogens is 447 g/mol. The van der Waals surface area contributed by atoms with Crippen molar-refractivity contribution in [2.45, 2.75) is 44.4 Å². The number of hydrogen-bond donors (Lipinski definition) is 4. The number of carbonyl (C=O) groups excluding carboxylic acids is 1. The Morgan fingerprint density at radius 3 is 2.65 bits per heavy atom. The summed E-state index contributed by atoms with van der Waals surface area (Å²) in [5.74, 6) is 0.740. The Hall–Kier alpha value is -1.55. The van der Waals surface area contributed by atoms with Crippen molar-refractivity contribution in [1.29, 1.82) is 0 Å². The van der Waals surface area contributed by atoms with Crippen LogP contribution in [-0.2, 0) is 4.74 Å². The molecule has 2 aliphatic rings. The molecule has 26 heavy (non-hydrogen) atoms. The first kappa shape index (κ1) is 20.8. The molecule has 2 saturated heterocycles. The molecule has 0 aliphatic carbocycles. The highest BCUT2D eigenvalue weighted by atomic mass is 127. The molecule has 2 fully saturated rings. The number of nitrogens with zero attached hydrogens (tertiary/aromatic N) is 1. The molecule has 1 amide bonds. The van der Waals surface area contributed by atoms with E-state index in [0.717, 1.165) is 25.3 Å². The molecule has 2 bridgehead atoms. The first-order chi connectivity index (χ1) is 12.2. The predicted molar refractivity (Wildman–Crippen MR) is 111 cm³/mol. The molecule has 2 heterocycles. The quantitative estimate of drug-likeness (QED) is 0.218. The minimum atomic E-state index is -0.172. The molecule has 0 aromatic heterocycles. The maximum Gasteiger partial charge on any atom is 0.251 e. The Morgan fingerprint density at radius 1 is 1.27 bits per heavy atom. The van der Waals surface area contributed by atoms with Crippen LogP contribution in [0.1, 0.15) is 36.5 Å². The van der Waals surface area contributed by atoms with Crippen LogP contribution in [0.25, 0.3) is 0 Å². The first-order valence-corrected chi connectivity index (χ1v) is 8.93. The summed E-state index contributed by atoms with van der Waals surface area (Å²) in [6.45, 7) is 3.75. The highest BCUT2D eigenvalue weighted by Gasteiger charge is 2.41. The van der Waals surface area contributed by atoms with Crippen LogP contribution in [0.4, 0.5) is 0 Å². The van der Waals surface area contributed by atoms with Crippen molar-refractivity contribution in [1.82, 2.24) is 16.0 Å². The minimum absolute atomic E-state index is 0. The fourth-order valence-electron chi connectivity index (χ4n) is 3.34. The number of aromatic hydroxyl groups is 1. The molecule has 1 aromatic carbocycles. The second-order valence-corrected chi connectivity index (χ2v) is 6.42. The lowest BCUT2D eigenvalue weighted by molar-refractivity contribution is 0.0954. The largest absolute Gasteiger partial charge is 0.508 e. The molecule has 3 rings (SSSR count). The molecular formula is C18H27IN4O3. The van der Waals surface area contributed by atoms with Crippen LogP contribution in [0.2, 0.25) is 0 Å². The Bertz CT molecular complexity index is 623. The Morgan fingerprint density at radius 2 is 2.04 bits per heavy atom. The lowest BCUT2D eigenvalue weighted by Crippen LogP contribution is -2.47. The third kappa shape index (κ3) is 5.47. The molecule has 3 unspecified atom stereocenters. The molecule has 3 atom stereocenters. The van der Waals surface area contributed by atoms with E-state index in [-0.39, 0.29) is 35.6 Å². The maximum absolute atomic E-state index is 12.0. The maximum atomic E-state index is 12.0. The van der Waals surface area contributed by atoms with Crippen molar-refractivity contribution in [3.8, 4) is 5.75 Å². The number of aliphatic imine (C=N–C) groups is 1. The molecule has 144 valence electrons. The number of fused-ring (bicyclic) bond motifs is 2. The summed E-state index contributed by atoms with van der Waals surface area (Å²) in [5, 5.41) is 18.8. The van der Waals surface area contributed by atoms with Crippen LogP contribution in [0, 0.1) is 0 Å². The first-order valence-electron chi connectivity index (χ1n) is 8.93. The number of nitrogens with one attached hydrogen (secondary N) is 3. The van der Waals surface area contributed by atoms with E-state index in [1.165, 1.54) is 18.6 Å². The Balaban J connectivity index is 0.00000243. The number of amides is 1. The molecule has 7 nitrogen and oxygen atoms in total. The van der Waals surface area contributed by atoms with E-state index in [1.807, 2.05) is 6.92 Å². The van der Waals surface area contributed by atoms with Gasteiger partial charge in [0.1, 0.15) is 5.75 Å². The van der Waals surface area contributed by atoms with Crippen molar-refractivity contribution in [2.24, 2.45) is 4.99 Å². The Kier molecular flexibility index (Phi) is 7.95. The van der Waals surface area contributed by atoms with Crippen molar-refractivity contribution in [2.75, 3.05) is 19.6 Å². The summed E-state index contributed by atoms with van der Waals surface area (Å²) in [4.78, 5) is 16.5. The highest BCUT2D eigenvalue weighted by molar-refractivity contribution is 14.0. The molecule has 0 spiro atoms. The van der Waals surface area contributed by atoms with Gasteiger partial charge in [-0.25, -0.2) is 0 Å². The standard InChI is InChI=1S/C18H26N4O3.HI/c1-2-19-18(22-15-11-14-7-8-16(15)25-14)21-10-9-20-17(24)12-3-5-13(23)6-4-12;/h3-6,14-16,23H,2,7-11H2,1H3,(H,20,24)(H2,19,21,22);1H. The Labute approximate surface area is 171 Å². The van der Waals surface area contributed by atoms with E-state index in [2.05, 4.69) is 20.9 Å². The van der Waals surface area contributed by atoms with Gasteiger partial charge in [-0.15, -0.1) is 24.0 Å². The average molecular weight is 474 g/mol. The zero-order valence-corrected chi connectivity index (χ0v) is 17.2. The van der Waals surface area contributed by atoms with E-state index in [0.29, 0.717) is 36.9 Å². The van der Waals surface area contributed by atoms with Crippen LogP contribution >= 0.6 is 24.0 Å². The average Bonchev–Trinajstić information content (AvgIpc) is 3.22. The van der Waals surface area contributed by atoms with Crippen molar-refractivity contribution in [3.05, 3.63) is 29.8 Å². The van der Waals surface area contributed by atoms with E-state index in [9.17, 15) is 9.90 Å². The third-order valence-corrected chi connectivity index (χ3v) is 4.57. The summed E-state index contributed by atoms with van der Waals surface area (Å²) in [5.41, 5.74) is 0.519. The van der Waals surface area contributed by atoms with Gasteiger partial charge in [-0.3, -0.25) is 9.79 Å². The number of halogens is 1. The number of guanidine groups is 1. The zero-order valence-electron chi connectivity index (χ0n) is 14.9. The summed E-state index contributed by atoms with van der Waals surface area (Å²) in [6.07, 6.45) is 4.01. The monoisotopic (exact) mass is 474 g/mol. The summed E-state index contributed by atoms with van der Waals surface area (Å²) < 4.78 is 5.86. The number of benzene rings is 1. The van der Waals surface area contributed by atoms with Gasteiger partial charge in [0, 0.05) is 18.7 Å². The lowest BCUT2D eigenvalue weighted by atomic mass is 9.96. The van der Waals surface area contributed by atoms with Gasteiger partial charge in [-0.2, -0.15) is 0 Å². The van der Waals surface area contributed by atoms with E-state index < -0.39 is 0 Å². The zero-order chi connectivity index (χ0) is 17.6. The predicted octanol–water partition coefficient (Wildman–Crippen LogP) is 1.61. The number of ether oxygens (including phenoxy) is 1. The van der Waals surface area contributed by atoms with Crippen molar-refractivity contribution < 1.29 is 14.6 Å². The van der Waals surface area contributed by atoms with Gasteiger partial charge in [-0.1, -0.05) is 0 Å². The highest BCUT2D eigenvalue weighted by Crippen LogP contribution is 2.34. The van der Waals surface area contributed by atoms with Gasteiger partial charge in [0.2, 0.25) is 0 Å². The normalized spacial score (nSPS) is 24.0. The number of carbonyl (C=O) groups is 1. The van der Waals surface area contributed by atoms with E-state index in [4.69, 9.17) is 4.74 Å². The number of rotatable bonds is 6. The number of phenols is 1. The second kappa shape index (κ2) is 9.96. The summed E-state index contributed by atoms with van der Waals surface area (Å²) in [6, 6.07) is 6.50. The van der Waals surface area contributed by atoms with Gasteiger partial charge in [0.15, 0.2) is 5.96 Å². The molecule has 4 N–H and O–H groups in total. The molecule has 8 heteroatoms. The van der Waals surface area contributed by atoms with Crippen molar-refractivity contribution in [3.63, 3.8) is 0 Å². The number of phenolic OH excluding ortho intramolecular Hbond substituents is 1. The topological polar surface area (TPSA) is 95.0 Å². The summed E-state index contributed by atoms with van der Waals surface area (Å²) >= 11 is 0. The van der Waals surface area contributed by atoms with E-state index >= 15 is 0 Å². The van der Waals surface area contributed by atoms with Gasteiger partial charge in [0.05, 0.1) is 24.8 Å². The smallest absolute Gasteiger partial charge is 0.251 e. The second-order valence-electron chi connectivity index (χ2n) is 6.42. The van der Waals surface area contributed by atoms with Crippen LogP contribution in [0.5, 0.6) is 5.75 Å². The summed E-state index contributed by atoms with van der Waals surface area (Å²) in [7, 11) is 0. The molecule has 2 aliphatic heterocycles. The minimum Gasteiger partial charge on any atom is -0.508 e. The fourth-order valence-corrected chi connectivity index (χ4v) is 3.34. The van der Waals surface area contributed by atoms with Crippen molar-refractivity contribution >= 4 is 35.8 Å². The lowest BCUT2D eigenvalue weighted by Gasteiger charge is -2.22. The SMILES string of the molecule is CCNC(=NCCNC(=O)c1ccc(O)cc1)NC1CC2CCC1O2.I. The molecule has 0 saturated carbocycles. The van der Waals surface area contributed by atoms with E-state index in [1.54, 1.807) is 12.1 Å². The van der Waals surface area contributed by atoms with Gasteiger partial charge in [0.25, 0.3) is 5.91 Å². The van der Waals surface area contributed by atoms with Gasteiger partial charge >= 0.3 is 0 Å². The van der Waals surface area contributed by atoms with Gasteiger partial charge in [-0.05, 0) is 50.5 Å². The number of hydrogen-bond acceptors (Lipinski definition) is 4. The third-order valence-electron chi connectivity index (χ3n) is 4.57.